The Morgan fingerprint density at radius 1 is 1.28 bits per heavy atom. The van der Waals surface area contributed by atoms with Gasteiger partial charge in [0, 0.05) is 12.1 Å². The molecule has 1 aliphatic heterocycles. The third kappa shape index (κ3) is 6.63. The van der Waals surface area contributed by atoms with Crippen LogP contribution in [0.2, 0.25) is 0 Å². The van der Waals surface area contributed by atoms with Crippen LogP contribution in [0.5, 0.6) is 5.75 Å². The number of thiocarbonyl (C=S) groups is 1. The Labute approximate surface area is 156 Å². The first-order valence-electron chi connectivity index (χ1n) is 9.34. The number of quaternary nitrogens is 1. The summed E-state index contributed by atoms with van der Waals surface area (Å²) in [5.41, 5.74) is 5.75. The molecule has 5 nitrogen and oxygen atoms in total. The average molecular weight is 364 g/mol. The van der Waals surface area contributed by atoms with Crippen LogP contribution in [0.1, 0.15) is 57.1 Å². The highest BCUT2D eigenvalue weighted by Gasteiger charge is 2.16. The number of rotatable bonds is 7. The third-order valence-electron chi connectivity index (χ3n) is 4.64. The number of likely N-dealkylation sites (tertiary alicyclic amines) is 1. The van der Waals surface area contributed by atoms with Gasteiger partial charge < -0.3 is 15.3 Å². The molecule has 138 valence electrons. The van der Waals surface area contributed by atoms with Gasteiger partial charge in [-0.2, -0.15) is 5.10 Å². The number of phenolic OH excluding ortho intramolecular Hbond substituents is 1. The number of benzene rings is 1. The first kappa shape index (κ1) is 19.7. The quantitative estimate of drug-likeness (QED) is 0.259. The minimum Gasteiger partial charge on any atom is -0.507 e. The fourth-order valence-electron chi connectivity index (χ4n) is 3.07. The number of nitrogens with zero attached hydrogens (tertiary/aromatic N) is 1. The lowest BCUT2D eigenvalue weighted by atomic mass is 10.0. The molecule has 0 bridgehead atoms. The molecule has 1 aliphatic rings. The number of nitrogens with one attached hydrogen (secondary N) is 3. The van der Waals surface area contributed by atoms with E-state index in [4.69, 9.17) is 12.2 Å². The Kier molecular flexibility index (Phi) is 8.15. The fraction of sp³-hybridized carbons (Fsp3) is 0.579. The summed E-state index contributed by atoms with van der Waals surface area (Å²) in [4.78, 5) is 1.55. The predicted octanol–water partition coefficient (Wildman–Crippen LogP) is 1.95. The Morgan fingerprint density at radius 3 is 2.76 bits per heavy atom. The molecule has 1 aromatic rings. The van der Waals surface area contributed by atoms with Crippen molar-refractivity contribution in [1.29, 1.82) is 0 Å². The second kappa shape index (κ2) is 10.4. The van der Waals surface area contributed by atoms with Gasteiger partial charge in [0.25, 0.3) is 0 Å². The molecule has 4 N–H and O–H groups in total. The molecule has 0 radical (unpaired) electrons. The third-order valence-corrected chi connectivity index (χ3v) is 4.88. The number of hydrogen-bond donors (Lipinski definition) is 4. The lowest BCUT2D eigenvalue weighted by molar-refractivity contribution is -0.918. The molecule has 1 aromatic carbocycles. The predicted molar refractivity (Wildman–Crippen MR) is 107 cm³/mol. The first-order chi connectivity index (χ1) is 12.1. The highest BCUT2D eigenvalue weighted by molar-refractivity contribution is 7.80. The number of aromatic hydroxyl groups is 1. The standard InChI is InChI=1S/C19H30N4OS/c1-3-4-10-20-19(25)22-21-15(2)16-8-9-18(24)17(13-16)14-23-11-6-5-7-12-23/h8-9,13,24H,3-7,10-12,14H2,1-2H3,(H2,20,22,25)/p+1/b21-15+. The molecular weight excluding hydrogens is 332 g/mol. The monoisotopic (exact) mass is 363 g/mol. The van der Waals surface area contributed by atoms with Crippen molar-refractivity contribution in [2.45, 2.75) is 52.5 Å². The second-order valence-corrected chi connectivity index (χ2v) is 7.16. The number of piperidine rings is 1. The zero-order valence-electron chi connectivity index (χ0n) is 15.4. The maximum atomic E-state index is 10.2. The van der Waals surface area contributed by atoms with E-state index in [2.05, 4.69) is 22.8 Å². The summed E-state index contributed by atoms with van der Waals surface area (Å²) in [5, 5.41) is 18.2. The summed E-state index contributed by atoms with van der Waals surface area (Å²) in [5.74, 6) is 0.374. The molecule has 0 unspecified atom stereocenters. The van der Waals surface area contributed by atoms with E-state index in [-0.39, 0.29) is 0 Å². The van der Waals surface area contributed by atoms with Crippen LogP contribution in [0.3, 0.4) is 0 Å². The van der Waals surface area contributed by atoms with Crippen molar-refractivity contribution in [3.8, 4) is 5.75 Å². The lowest BCUT2D eigenvalue weighted by Gasteiger charge is -2.24. The summed E-state index contributed by atoms with van der Waals surface area (Å²) >= 11 is 5.22. The summed E-state index contributed by atoms with van der Waals surface area (Å²) in [6, 6.07) is 5.72. The van der Waals surface area contributed by atoms with E-state index in [1.54, 1.807) is 11.0 Å². The second-order valence-electron chi connectivity index (χ2n) is 6.75. The van der Waals surface area contributed by atoms with Crippen LogP contribution >= 0.6 is 12.2 Å². The molecule has 0 spiro atoms. The number of phenols is 1. The van der Waals surface area contributed by atoms with Gasteiger partial charge in [-0.3, -0.25) is 5.43 Å². The van der Waals surface area contributed by atoms with Gasteiger partial charge in [-0.1, -0.05) is 13.3 Å². The summed E-state index contributed by atoms with van der Waals surface area (Å²) in [6.07, 6.45) is 6.11. The van der Waals surface area contributed by atoms with Gasteiger partial charge in [-0.05, 0) is 68.6 Å². The zero-order valence-corrected chi connectivity index (χ0v) is 16.2. The zero-order chi connectivity index (χ0) is 18.1. The Bertz CT molecular complexity index is 597. The van der Waals surface area contributed by atoms with Crippen LogP contribution in [0.4, 0.5) is 0 Å². The summed E-state index contributed by atoms with van der Waals surface area (Å²) < 4.78 is 0. The van der Waals surface area contributed by atoms with Crippen LogP contribution < -0.4 is 15.6 Å². The molecule has 0 aliphatic carbocycles. The molecule has 1 saturated heterocycles. The molecular formula is C19H31N4OS+. The van der Waals surface area contributed by atoms with Crippen LogP contribution in [0.25, 0.3) is 0 Å². The van der Waals surface area contributed by atoms with Crippen molar-refractivity contribution in [3.05, 3.63) is 29.3 Å². The van der Waals surface area contributed by atoms with Crippen molar-refractivity contribution in [2.75, 3.05) is 19.6 Å². The van der Waals surface area contributed by atoms with E-state index in [1.165, 1.54) is 32.4 Å². The largest absolute Gasteiger partial charge is 0.507 e. The van der Waals surface area contributed by atoms with E-state index in [9.17, 15) is 5.11 Å². The van der Waals surface area contributed by atoms with Crippen molar-refractivity contribution in [2.24, 2.45) is 5.10 Å². The van der Waals surface area contributed by atoms with Crippen molar-refractivity contribution < 1.29 is 10.0 Å². The fourth-order valence-corrected chi connectivity index (χ4v) is 3.22. The summed E-state index contributed by atoms with van der Waals surface area (Å²) in [7, 11) is 0. The van der Waals surface area contributed by atoms with E-state index >= 15 is 0 Å². The van der Waals surface area contributed by atoms with E-state index in [0.29, 0.717) is 10.9 Å². The minimum absolute atomic E-state index is 0.374. The number of hydrazone groups is 1. The van der Waals surface area contributed by atoms with Gasteiger partial charge in [0.1, 0.15) is 12.3 Å². The first-order valence-corrected chi connectivity index (χ1v) is 9.75. The van der Waals surface area contributed by atoms with Gasteiger partial charge in [-0.15, -0.1) is 0 Å². The summed E-state index contributed by atoms with van der Waals surface area (Å²) in [6.45, 7) is 8.21. The Balaban J connectivity index is 1.96. The normalized spacial score (nSPS) is 15.8. The van der Waals surface area contributed by atoms with Crippen LogP contribution in [0.15, 0.2) is 23.3 Å². The molecule has 0 saturated carbocycles. The maximum Gasteiger partial charge on any atom is 0.186 e. The molecule has 0 aromatic heterocycles. The minimum atomic E-state index is 0.374. The Hall–Kier alpha value is -1.66. The molecule has 25 heavy (non-hydrogen) atoms. The van der Waals surface area contributed by atoms with E-state index in [1.807, 2.05) is 19.1 Å². The topological polar surface area (TPSA) is 61.1 Å². The maximum absolute atomic E-state index is 10.2. The van der Waals surface area contributed by atoms with Gasteiger partial charge in [-0.25, -0.2) is 0 Å². The highest BCUT2D eigenvalue weighted by Crippen LogP contribution is 2.18. The van der Waals surface area contributed by atoms with Gasteiger partial charge in [0.15, 0.2) is 5.11 Å². The van der Waals surface area contributed by atoms with Crippen LogP contribution in [-0.2, 0) is 6.54 Å². The Morgan fingerprint density at radius 2 is 2.04 bits per heavy atom. The average Bonchev–Trinajstić information content (AvgIpc) is 2.62. The SMILES string of the molecule is CCCCNC(=S)N/N=C(\C)c1ccc(O)c(C[NH+]2CCCCC2)c1. The smallest absolute Gasteiger partial charge is 0.186 e. The molecule has 1 fully saturated rings. The molecule has 0 atom stereocenters. The molecule has 0 amide bonds. The molecule has 6 heteroatoms. The van der Waals surface area contributed by atoms with Crippen molar-refractivity contribution >= 4 is 23.0 Å². The van der Waals surface area contributed by atoms with E-state index in [0.717, 1.165) is 42.8 Å². The van der Waals surface area contributed by atoms with Crippen molar-refractivity contribution in [3.63, 3.8) is 0 Å². The number of unbranched alkanes of at least 4 members (excludes halogenated alkanes) is 1. The van der Waals surface area contributed by atoms with E-state index < -0.39 is 0 Å². The van der Waals surface area contributed by atoms with Crippen molar-refractivity contribution in [1.82, 2.24) is 10.7 Å². The van der Waals surface area contributed by atoms with Gasteiger partial charge in [0.05, 0.1) is 18.8 Å². The van der Waals surface area contributed by atoms with Crippen LogP contribution in [0, 0.1) is 0 Å². The molecule has 1 heterocycles. The van der Waals surface area contributed by atoms with Gasteiger partial charge in [0.2, 0.25) is 0 Å². The highest BCUT2D eigenvalue weighted by atomic mass is 32.1. The number of hydrogen-bond acceptors (Lipinski definition) is 3. The molecule has 2 rings (SSSR count). The van der Waals surface area contributed by atoms with Crippen LogP contribution in [-0.4, -0.2) is 35.6 Å². The van der Waals surface area contributed by atoms with Gasteiger partial charge >= 0.3 is 0 Å². The lowest BCUT2D eigenvalue weighted by Crippen LogP contribution is -3.11.